The maximum absolute atomic E-state index is 12.6. The number of hydrogen-bond acceptors (Lipinski definition) is 2. The minimum absolute atomic E-state index is 0.308. The van der Waals surface area contributed by atoms with E-state index in [2.05, 4.69) is 6.92 Å². The fourth-order valence-corrected chi connectivity index (χ4v) is 2.25. The molecule has 0 aromatic heterocycles. The number of alkyl halides is 3. The van der Waals surface area contributed by atoms with Crippen molar-refractivity contribution in [1.29, 1.82) is 0 Å². The second-order valence-corrected chi connectivity index (χ2v) is 5.15. The maximum atomic E-state index is 12.6. The van der Waals surface area contributed by atoms with Crippen LogP contribution in [0.15, 0.2) is 0 Å². The summed E-state index contributed by atoms with van der Waals surface area (Å²) in [5.74, 6) is -0.703. The van der Waals surface area contributed by atoms with Crippen molar-refractivity contribution in [3.8, 4) is 0 Å². The van der Waals surface area contributed by atoms with Gasteiger partial charge in [0, 0.05) is 0 Å². The van der Waals surface area contributed by atoms with Gasteiger partial charge in [-0.3, -0.25) is 4.79 Å². The van der Waals surface area contributed by atoms with Crippen molar-refractivity contribution in [2.45, 2.75) is 57.9 Å². The van der Waals surface area contributed by atoms with Crippen LogP contribution in [0, 0.1) is 11.8 Å². The number of carbonyl (C=O) groups is 1. The zero-order valence-electron chi connectivity index (χ0n) is 10.5. The molecule has 1 saturated carbocycles. The standard InChI is InChI=1S/C12H19F3O3/c1-7-3-4-9(5-8(7)2)18-10(6-11(16)17)12(13,14)15/h7-10H,3-6H2,1-2H3,(H,16,17). The molecule has 0 amide bonds. The van der Waals surface area contributed by atoms with Crippen LogP contribution in [-0.2, 0) is 9.53 Å². The molecule has 0 heterocycles. The Morgan fingerprint density at radius 1 is 1.33 bits per heavy atom. The first kappa shape index (κ1) is 15.3. The highest BCUT2D eigenvalue weighted by Gasteiger charge is 2.44. The summed E-state index contributed by atoms with van der Waals surface area (Å²) in [7, 11) is 0. The molecule has 0 saturated heterocycles. The molecular formula is C12H19F3O3. The summed E-state index contributed by atoms with van der Waals surface area (Å²) in [4.78, 5) is 10.4. The third-order valence-electron chi connectivity index (χ3n) is 3.63. The lowest BCUT2D eigenvalue weighted by Crippen LogP contribution is -2.39. The summed E-state index contributed by atoms with van der Waals surface area (Å²) in [6, 6.07) is 0. The molecule has 1 aliphatic carbocycles. The van der Waals surface area contributed by atoms with E-state index in [4.69, 9.17) is 9.84 Å². The predicted octanol–water partition coefficient (Wildman–Crippen LogP) is 3.23. The molecule has 4 unspecified atom stereocenters. The fourth-order valence-electron chi connectivity index (χ4n) is 2.25. The van der Waals surface area contributed by atoms with Crippen LogP contribution in [0.1, 0.15) is 39.5 Å². The Bertz CT molecular complexity index is 291. The Labute approximate surface area is 104 Å². The molecule has 1 aliphatic rings. The molecule has 0 spiro atoms. The summed E-state index contributed by atoms with van der Waals surface area (Å²) in [6.07, 6.45) is -6.37. The third kappa shape index (κ3) is 4.48. The van der Waals surface area contributed by atoms with Crippen molar-refractivity contribution in [2.75, 3.05) is 0 Å². The van der Waals surface area contributed by atoms with E-state index in [9.17, 15) is 18.0 Å². The molecule has 0 aromatic carbocycles. The molecule has 4 atom stereocenters. The van der Waals surface area contributed by atoms with Gasteiger partial charge in [0.1, 0.15) is 0 Å². The Balaban J connectivity index is 2.58. The Hall–Kier alpha value is -0.780. The van der Waals surface area contributed by atoms with Crippen LogP contribution in [0.25, 0.3) is 0 Å². The highest BCUT2D eigenvalue weighted by molar-refractivity contribution is 5.67. The van der Waals surface area contributed by atoms with Crippen LogP contribution in [0.5, 0.6) is 0 Å². The number of carboxylic acids is 1. The zero-order valence-corrected chi connectivity index (χ0v) is 10.5. The molecular weight excluding hydrogens is 249 g/mol. The van der Waals surface area contributed by atoms with Gasteiger partial charge in [0.2, 0.25) is 0 Å². The largest absolute Gasteiger partial charge is 0.481 e. The summed E-state index contributed by atoms with van der Waals surface area (Å²) >= 11 is 0. The molecule has 0 radical (unpaired) electrons. The van der Waals surface area contributed by atoms with Crippen molar-refractivity contribution in [3.05, 3.63) is 0 Å². The van der Waals surface area contributed by atoms with Crippen LogP contribution in [0.3, 0.4) is 0 Å². The van der Waals surface area contributed by atoms with Crippen LogP contribution in [0.2, 0.25) is 0 Å². The average molecular weight is 268 g/mol. The van der Waals surface area contributed by atoms with Gasteiger partial charge in [-0.15, -0.1) is 0 Å². The van der Waals surface area contributed by atoms with Gasteiger partial charge in [0.05, 0.1) is 12.5 Å². The number of hydrogen-bond donors (Lipinski definition) is 1. The number of carboxylic acid groups (broad SMARTS) is 1. The highest BCUT2D eigenvalue weighted by Crippen LogP contribution is 2.34. The van der Waals surface area contributed by atoms with Crippen molar-refractivity contribution in [3.63, 3.8) is 0 Å². The highest BCUT2D eigenvalue weighted by atomic mass is 19.4. The monoisotopic (exact) mass is 268 g/mol. The first-order valence-corrected chi connectivity index (χ1v) is 6.14. The third-order valence-corrected chi connectivity index (χ3v) is 3.63. The average Bonchev–Trinajstić information content (AvgIpc) is 2.20. The van der Waals surface area contributed by atoms with E-state index in [-0.39, 0.29) is 0 Å². The van der Waals surface area contributed by atoms with Gasteiger partial charge in [-0.2, -0.15) is 13.2 Å². The predicted molar refractivity (Wildman–Crippen MR) is 59.1 cm³/mol. The van der Waals surface area contributed by atoms with Gasteiger partial charge in [-0.1, -0.05) is 13.8 Å². The molecule has 0 aliphatic heterocycles. The minimum atomic E-state index is -4.62. The zero-order chi connectivity index (χ0) is 13.9. The summed E-state index contributed by atoms with van der Waals surface area (Å²) < 4.78 is 42.8. The number of halogens is 3. The van der Waals surface area contributed by atoms with E-state index in [1.54, 1.807) is 0 Å². The molecule has 0 bridgehead atoms. The van der Waals surface area contributed by atoms with E-state index in [0.29, 0.717) is 24.7 Å². The van der Waals surface area contributed by atoms with Crippen molar-refractivity contribution >= 4 is 5.97 Å². The molecule has 1 fully saturated rings. The first-order valence-electron chi connectivity index (χ1n) is 6.14. The van der Waals surface area contributed by atoms with Crippen LogP contribution in [0.4, 0.5) is 13.2 Å². The number of ether oxygens (including phenoxy) is 1. The van der Waals surface area contributed by atoms with Crippen LogP contribution < -0.4 is 0 Å². The molecule has 1 N–H and O–H groups in total. The minimum Gasteiger partial charge on any atom is -0.481 e. The first-order chi connectivity index (χ1) is 8.20. The van der Waals surface area contributed by atoms with Crippen molar-refractivity contribution in [1.82, 2.24) is 0 Å². The topological polar surface area (TPSA) is 46.5 Å². The molecule has 106 valence electrons. The van der Waals surface area contributed by atoms with Gasteiger partial charge in [-0.05, 0) is 31.1 Å². The van der Waals surface area contributed by atoms with Gasteiger partial charge in [0.15, 0.2) is 6.10 Å². The quantitative estimate of drug-likeness (QED) is 0.851. The second kappa shape index (κ2) is 5.91. The smallest absolute Gasteiger partial charge is 0.415 e. The lowest BCUT2D eigenvalue weighted by atomic mass is 9.80. The SMILES string of the molecule is CC1CCC(OC(CC(=O)O)C(F)(F)F)CC1C. The fraction of sp³-hybridized carbons (Fsp3) is 0.917. The van der Waals surface area contributed by atoms with E-state index >= 15 is 0 Å². The van der Waals surface area contributed by atoms with E-state index in [0.717, 1.165) is 6.42 Å². The molecule has 0 aromatic rings. The second-order valence-electron chi connectivity index (χ2n) is 5.15. The lowest BCUT2D eigenvalue weighted by molar-refractivity contribution is -0.240. The van der Waals surface area contributed by atoms with E-state index < -0.39 is 30.8 Å². The summed E-state index contributed by atoms with van der Waals surface area (Å²) in [5.41, 5.74) is 0. The van der Waals surface area contributed by atoms with E-state index in [1.807, 2.05) is 6.92 Å². The van der Waals surface area contributed by atoms with Gasteiger partial charge in [0.25, 0.3) is 0 Å². The van der Waals surface area contributed by atoms with Gasteiger partial charge in [-0.25, -0.2) is 0 Å². The molecule has 3 nitrogen and oxygen atoms in total. The number of aliphatic carboxylic acids is 1. The van der Waals surface area contributed by atoms with Crippen LogP contribution in [-0.4, -0.2) is 29.5 Å². The number of rotatable bonds is 4. The van der Waals surface area contributed by atoms with Crippen LogP contribution >= 0.6 is 0 Å². The van der Waals surface area contributed by atoms with Gasteiger partial charge < -0.3 is 9.84 Å². The van der Waals surface area contributed by atoms with Gasteiger partial charge >= 0.3 is 12.1 Å². The Morgan fingerprint density at radius 2 is 1.94 bits per heavy atom. The molecule has 18 heavy (non-hydrogen) atoms. The van der Waals surface area contributed by atoms with Crippen molar-refractivity contribution < 1.29 is 27.8 Å². The summed E-state index contributed by atoms with van der Waals surface area (Å²) in [5, 5.41) is 8.49. The summed E-state index contributed by atoms with van der Waals surface area (Å²) in [6.45, 7) is 4.05. The van der Waals surface area contributed by atoms with E-state index in [1.165, 1.54) is 0 Å². The Kier molecular flexibility index (Phi) is 5.01. The maximum Gasteiger partial charge on any atom is 0.415 e. The lowest BCUT2D eigenvalue weighted by Gasteiger charge is -2.34. The normalized spacial score (nSPS) is 31.1. The Morgan fingerprint density at radius 3 is 2.39 bits per heavy atom. The molecule has 6 heteroatoms. The van der Waals surface area contributed by atoms with Crippen molar-refractivity contribution in [2.24, 2.45) is 11.8 Å². The molecule has 1 rings (SSSR count).